The summed E-state index contributed by atoms with van der Waals surface area (Å²) in [6.07, 6.45) is 4.03. The maximum atomic E-state index is 12.8. The largest absolute Gasteiger partial charge is 0.478 e. The number of imidazole rings is 1. The van der Waals surface area contributed by atoms with Crippen molar-refractivity contribution in [2.45, 2.75) is 13.3 Å². The van der Waals surface area contributed by atoms with Crippen LogP contribution in [0.25, 0.3) is 5.52 Å². The number of carboxylic acid groups (broad SMARTS) is 1. The molecule has 3 rings (SSSR count). The molecule has 3 aromatic rings. The number of anilines is 1. The molecule has 0 spiro atoms. The van der Waals surface area contributed by atoms with Gasteiger partial charge in [0.15, 0.2) is 5.82 Å². The van der Waals surface area contributed by atoms with Crippen molar-refractivity contribution < 1.29 is 19.5 Å². The first-order valence-corrected chi connectivity index (χ1v) is 8.40. The van der Waals surface area contributed by atoms with E-state index in [1.165, 1.54) is 18.2 Å². The topological polar surface area (TPSA) is 113 Å². The van der Waals surface area contributed by atoms with Crippen LogP contribution in [0.4, 0.5) is 10.5 Å². The van der Waals surface area contributed by atoms with Gasteiger partial charge in [0, 0.05) is 18.3 Å². The van der Waals surface area contributed by atoms with Crippen LogP contribution in [-0.2, 0) is 0 Å². The number of ketones is 1. The summed E-state index contributed by atoms with van der Waals surface area (Å²) in [5.74, 6) is -1.47. The Morgan fingerprint density at radius 3 is 2.74 bits per heavy atom. The summed E-state index contributed by atoms with van der Waals surface area (Å²) in [6.45, 7) is 2.38. The Labute approximate surface area is 154 Å². The van der Waals surface area contributed by atoms with Crippen molar-refractivity contribution in [1.82, 2.24) is 14.7 Å². The van der Waals surface area contributed by atoms with E-state index in [9.17, 15) is 19.5 Å². The Morgan fingerprint density at radius 1 is 1.19 bits per heavy atom. The predicted octanol–water partition coefficient (Wildman–Crippen LogP) is 2.80. The number of aromatic nitrogens is 2. The first-order valence-electron chi connectivity index (χ1n) is 8.40. The molecule has 138 valence electrons. The lowest BCUT2D eigenvalue weighted by atomic mass is 10.0. The molecule has 1 aromatic carbocycles. The second-order valence-corrected chi connectivity index (χ2v) is 5.85. The first kappa shape index (κ1) is 18.1. The Balaban J connectivity index is 1.92. The zero-order valence-corrected chi connectivity index (χ0v) is 14.6. The van der Waals surface area contributed by atoms with E-state index in [1.807, 2.05) is 19.1 Å². The third kappa shape index (κ3) is 3.79. The molecule has 0 radical (unpaired) electrons. The van der Waals surface area contributed by atoms with Gasteiger partial charge in [0.1, 0.15) is 0 Å². The minimum absolute atomic E-state index is 0.112. The van der Waals surface area contributed by atoms with Crippen LogP contribution in [0.3, 0.4) is 0 Å². The van der Waals surface area contributed by atoms with Gasteiger partial charge < -0.3 is 15.7 Å². The molecule has 8 nitrogen and oxygen atoms in total. The van der Waals surface area contributed by atoms with Crippen molar-refractivity contribution in [3.05, 3.63) is 65.7 Å². The molecule has 0 saturated carbocycles. The van der Waals surface area contributed by atoms with Crippen LogP contribution in [-0.4, -0.2) is 38.8 Å². The van der Waals surface area contributed by atoms with Gasteiger partial charge in [-0.25, -0.2) is 14.6 Å². The number of pyridine rings is 1. The molecule has 2 amide bonds. The fourth-order valence-electron chi connectivity index (χ4n) is 2.62. The Hall–Kier alpha value is -3.68. The van der Waals surface area contributed by atoms with Gasteiger partial charge in [0.05, 0.1) is 23.0 Å². The molecular formula is C19H18N4O4. The summed E-state index contributed by atoms with van der Waals surface area (Å²) < 4.78 is 1.63. The van der Waals surface area contributed by atoms with Gasteiger partial charge in [-0.3, -0.25) is 9.20 Å². The van der Waals surface area contributed by atoms with Gasteiger partial charge in [-0.15, -0.1) is 0 Å². The van der Waals surface area contributed by atoms with Crippen LogP contribution < -0.4 is 10.6 Å². The monoisotopic (exact) mass is 366 g/mol. The molecule has 0 saturated heterocycles. The lowest BCUT2D eigenvalue weighted by Gasteiger charge is -2.11. The normalized spacial score (nSPS) is 10.6. The third-order valence-corrected chi connectivity index (χ3v) is 3.94. The number of nitrogens with zero attached hydrogens (tertiary/aromatic N) is 2. The minimum atomic E-state index is -1.25. The molecule has 0 aliphatic carbocycles. The number of fused-ring (bicyclic) bond motifs is 1. The SMILES string of the molecule is CCCNC(=O)Nc1ccc(C(=O)c2ncc3ccccn23)cc1C(=O)O. The van der Waals surface area contributed by atoms with Crippen LogP contribution in [0, 0.1) is 0 Å². The van der Waals surface area contributed by atoms with E-state index in [0.29, 0.717) is 6.54 Å². The van der Waals surface area contributed by atoms with E-state index < -0.39 is 17.8 Å². The number of hydrogen-bond donors (Lipinski definition) is 3. The number of amides is 2. The Morgan fingerprint density at radius 2 is 2.00 bits per heavy atom. The van der Waals surface area contributed by atoms with Crippen LogP contribution in [0.5, 0.6) is 0 Å². The molecule has 0 atom stereocenters. The fourth-order valence-corrected chi connectivity index (χ4v) is 2.62. The van der Waals surface area contributed by atoms with Crippen LogP contribution in [0.2, 0.25) is 0 Å². The van der Waals surface area contributed by atoms with E-state index in [2.05, 4.69) is 15.6 Å². The summed E-state index contributed by atoms with van der Waals surface area (Å²) in [7, 11) is 0. The molecule has 2 aromatic heterocycles. The molecule has 3 N–H and O–H groups in total. The number of carboxylic acids is 1. The maximum absolute atomic E-state index is 12.8. The summed E-state index contributed by atoms with van der Waals surface area (Å²) in [4.78, 5) is 40.3. The number of hydrogen-bond acceptors (Lipinski definition) is 4. The molecule has 2 heterocycles. The molecular weight excluding hydrogens is 348 g/mol. The van der Waals surface area contributed by atoms with Gasteiger partial charge >= 0.3 is 12.0 Å². The number of benzene rings is 1. The van der Waals surface area contributed by atoms with E-state index in [1.54, 1.807) is 22.9 Å². The van der Waals surface area contributed by atoms with Gasteiger partial charge in [0.2, 0.25) is 5.78 Å². The van der Waals surface area contributed by atoms with Gasteiger partial charge in [0.25, 0.3) is 0 Å². The molecule has 0 bridgehead atoms. The first-order chi connectivity index (χ1) is 13.0. The standard InChI is InChI=1S/C19H18N4O4/c1-2-8-20-19(27)22-15-7-6-12(10-14(15)18(25)26)16(24)17-21-11-13-5-3-4-9-23(13)17/h3-7,9-11H,2,8H2,1H3,(H,25,26)(H2,20,22,27). The van der Waals surface area contributed by atoms with Gasteiger partial charge in [-0.2, -0.15) is 0 Å². The third-order valence-electron chi connectivity index (χ3n) is 3.94. The number of aromatic carboxylic acids is 1. The summed E-state index contributed by atoms with van der Waals surface area (Å²) in [6, 6.07) is 9.02. The average molecular weight is 366 g/mol. The zero-order valence-electron chi connectivity index (χ0n) is 14.6. The van der Waals surface area contributed by atoms with Crippen molar-refractivity contribution in [1.29, 1.82) is 0 Å². The van der Waals surface area contributed by atoms with E-state index in [4.69, 9.17) is 0 Å². The lowest BCUT2D eigenvalue weighted by Crippen LogP contribution is -2.30. The highest BCUT2D eigenvalue weighted by Crippen LogP contribution is 2.20. The van der Waals surface area contributed by atoms with Crippen molar-refractivity contribution in [2.24, 2.45) is 0 Å². The van der Waals surface area contributed by atoms with Gasteiger partial charge in [-0.1, -0.05) is 13.0 Å². The highest BCUT2D eigenvalue weighted by Gasteiger charge is 2.19. The molecule has 8 heteroatoms. The summed E-state index contributed by atoms with van der Waals surface area (Å²) >= 11 is 0. The number of carbonyl (C=O) groups is 3. The second-order valence-electron chi connectivity index (χ2n) is 5.85. The lowest BCUT2D eigenvalue weighted by molar-refractivity contribution is 0.0698. The number of carbonyl (C=O) groups excluding carboxylic acids is 2. The smallest absolute Gasteiger partial charge is 0.337 e. The van der Waals surface area contributed by atoms with E-state index in [0.717, 1.165) is 11.9 Å². The predicted molar refractivity (Wildman–Crippen MR) is 99.3 cm³/mol. The molecule has 27 heavy (non-hydrogen) atoms. The average Bonchev–Trinajstić information content (AvgIpc) is 3.10. The molecule has 0 aliphatic heterocycles. The minimum Gasteiger partial charge on any atom is -0.478 e. The number of urea groups is 1. The molecule has 0 unspecified atom stereocenters. The number of rotatable bonds is 6. The van der Waals surface area contributed by atoms with E-state index in [-0.39, 0.29) is 22.6 Å². The van der Waals surface area contributed by atoms with Gasteiger partial charge in [-0.05, 0) is 36.8 Å². The van der Waals surface area contributed by atoms with E-state index >= 15 is 0 Å². The highest BCUT2D eigenvalue weighted by atomic mass is 16.4. The Kier molecular flexibility index (Phi) is 5.16. The van der Waals surface area contributed by atoms with Crippen molar-refractivity contribution in [3.8, 4) is 0 Å². The summed E-state index contributed by atoms with van der Waals surface area (Å²) in [5.41, 5.74) is 0.863. The van der Waals surface area contributed by atoms with Crippen molar-refractivity contribution >= 4 is 29.0 Å². The maximum Gasteiger partial charge on any atom is 0.337 e. The quantitative estimate of drug-likeness (QED) is 0.581. The molecule has 0 aliphatic rings. The number of nitrogens with one attached hydrogen (secondary N) is 2. The van der Waals surface area contributed by atoms with Crippen molar-refractivity contribution in [3.63, 3.8) is 0 Å². The fraction of sp³-hybridized carbons (Fsp3) is 0.158. The highest BCUT2D eigenvalue weighted by molar-refractivity contribution is 6.10. The van der Waals surface area contributed by atoms with Crippen LogP contribution in [0.15, 0.2) is 48.8 Å². The van der Waals surface area contributed by atoms with Crippen LogP contribution >= 0.6 is 0 Å². The zero-order chi connectivity index (χ0) is 19.4. The van der Waals surface area contributed by atoms with Crippen molar-refractivity contribution in [2.75, 3.05) is 11.9 Å². The summed E-state index contributed by atoms with van der Waals surface area (Å²) in [5, 5.41) is 14.6. The Bertz CT molecular complexity index is 1030. The molecule has 0 fully saturated rings. The second kappa shape index (κ2) is 7.69. The van der Waals surface area contributed by atoms with Crippen LogP contribution in [0.1, 0.15) is 39.9 Å².